The lowest BCUT2D eigenvalue weighted by Crippen LogP contribution is -1.94. The third-order valence-electron chi connectivity index (χ3n) is 2.54. The van der Waals surface area contributed by atoms with Gasteiger partial charge in [0.2, 0.25) is 0 Å². The van der Waals surface area contributed by atoms with Crippen molar-refractivity contribution in [1.29, 1.82) is 0 Å². The average Bonchev–Trinajstić information content (AvgIpc) is 2.61. The maximum Gasteiger partial charge on any atom is 0.0481 e. The van der Waals surface area contributed by atoms with Crippen molar-refractivity contribution < 1.29 is 0 Å². The lowest BCUT2D eigenvalue weighted by atomic mass is 10.2. The average molecular weight is 220 g/mol. The molecule has 0 unspecified atom stereocenters. The van der Waals surface area contributed by atoms with Gasteiger partial charge in [0.15, 0.2) is 0 Å². The van der Waals surface area contributed by atoms with Gasteiger partial charge >= 0.3 is 0 Å². The summed E-state index contributed by atoms with van der Waals surface area (Å²) in [4.78, 5) is 0. The summed E-state index contributed by atoms with van der Waals surface area (Å²) in [5, 5.41) is 2.01. The minimum absolute atomic E-state index is 0.798. The Labute approximate surface area is 95.0 Å². The van der Waals surface area contributed by atoms with Crippen molar-refractivity contribution in [2.45, 2.75) is 19.4 Å². The second kappa shape index (κ2) is 4.54. The minimum Gasteiger partial charge on any atom is -0.347 e. The van der Waals surface area contributed by atoms with Crippen LogP contribution < -0.4 is 0 Å². The van der Waals surface area contributed by atoms with Crippen molar-refractivity contribution in [1.82, 2.24) is 4.57 Å². The standard InChI is InChI=1S/C13H14ClN/c1-2-3-4-8-15-9-7-11-10-12(14)5-6-13(11)15/h2,5-7,9-10H,1,3-4,8H2. The number of rotatable bonds is 4. The van der Waals surface area contributed by atoms with Gasteiger partial charge in [0.1, 0.15) is 0 Å². The zero-order chi connectivity index (χ0) is 10.7. The molecule has 0 saturated heterocycles. The first-order valence-corrected chi connectivity index (χ1v) is 5.54. The van der Waals surface area contributed by atoms with Crippen LogP contribution in [0.15, 0.2) is 43.1 Å². The Morgan fingerprint density at radius 1 is 1.33 bits per heavy atom. The highest BCUT2D eigenvalue weighted by atomic mass is 35.5. The van der Waals surface area contributed by atoms with E-state index in [9.17, 15) is 0 Å². The van der Waals surface area contributed by atoms with Crippen LogP contribution in [0.3, 0.4) is 0 Å². The number of hydrogen-bond donors (Lipinski definition) is 0. The van der Waals surface area contributed by atoms with E-state index in [4.69, 9.17) is 11.6 Å². The molecular formula is C13H14ClN. The van der Waals surface area contributed by atoms with E-state index in [1.165, 1.54) is 10.9 Å². The molecule has 2 aromatic rings. The van der Waals surface area contributed by atoms with Crippen LogP contribution in [0.2, 0.25) is 5.02 Å². The second-order valence-electron chi connectivity index (χ2n) is 3.64. The van der Waals surface area contributed by atoms with Gasteiger partial charge in [-0.25, -0.2) is 0 Å². The number of hydrogen-bond acceptors (Lipinski definition) is 0. The summed E-state index contributed by atoms with van der Waals surface area (Å²) in [5.74, 6) is 0. The largest absolute Gasteiger partial charge is 0.347 e. The van der Waals surface area contributed by atoms with E-state index in [1.807, 2.05) is 18.2 Å². The number of halogens is 1. The van der Waals surface area contributed by atoms with Gasteiger partial charge in [0.05, 0.1) is 0 Å². The van der Waals surface area contributed by atoms with Crippen molar-refractivity contribution in [3.05, 3.63) is 48.1 Å². The topological polar surface area (TPSA) is 4.93 Å². The zero-order valence-electron chi connectivity index (χ0n) is 8.62. The fourth-order valence-corrected chi connectivity index (χ4v) is 1.95. The molecule has 0 aliphatic carbocycles. The molecule has 0 saturated carbocycles. The van der Waals surface area contributed by atoms with Crippen molar-refractivity contribution >= 4 is 22.5 Å². The highest BCUT2D eigenvalue weighted by Gasteiger charge is 2.00. The molecule has 0 N–H and O–H groups in total. The summed E-state index contributed by atoms with van der Waals surface area (Å²) in [6.45, 7) is 4.77. The van der Waals surface area contributed by atoms with E-state index < -0.39 is 0 Å². The molecule has 1 nitrogen and oxygen atoms in total. The molecule has 0 amide bonds. The fourth-order valence-electron chi connectivity index (χ4n) is 1.77. The van der Waals surface area contributed by atoms with Crippen molar-refractivity contribution in [2.24, 2.45) is 0 Å². The third-order valence-corrected chi connectivity index (χ3v) is 2.78. The Kier molecular flexibility index (Phi) is 3.12. The van der Waals surface area contributed by atoms with Gasteiger partial charge in [-0.05, 0) is 37.1 Å². The van der Waals surface area contributed by atoms with Crippen molar-refractivity contribution in [3.8, 4) is 0 Å². The Balaban J connectivity index is 2.24. The summed E-state index contributed by atoms with van der Waals surface area (Å²) in [5.41, 5.74) is 1.25. The lowest BCUT2D eigenvalue weighted by Gasteiger charge is -2.03. The summed E-state index contributed by atoms with van der Waals surface area (Å²) < 4.78 is 2.26. The van der Waals surface area contributed by atoms with Crippen LogP contribution in [0.4, 0.5) is 0 Å². The van der Waals surface area contributed by atoms with Crippen LogP contribution in [0.5, 0.6) is 0 Å². The molecule has 0 aliphatic rings. The van der Waals surface area contributed by atoms with Crippen LogP contribution >= 0.6 is 11.6 Å². The van der Waals surface area contributed by atoms with E-state index in [0.717, 1.165) is 24.4 Å². The molecular weight excluding hydrogens is 206 g/mol. The van der Waals surface area contributed by atoms with E-state index >= 15 is 0 Å². The van der Waals surface area contributed by atoms with Crippen LogP contribution in [-0.4, -0.2) is 4.57 Å². The summed E-state index contributed by atoms with van der Waals surface area (Å²) in [6.07, 6.45) is 6.27. The first-order valence-electron chi connectivity index (χ1n) is 5.16. The molecule has 2 heteroatoms. The van der Waals surface area contributed by atoms with E-state index in [2.05, 4.69) is 29.5 Å². The number of nitrogens with zero attached hydrogens (tertiary/aromatic N) is 1. The molecule has 0 radical (unpaired) electrons. The summed E-state index contributed by atoms with van der Waals surface area (Å²) in [6, 6.07) is 8.12. The molecule has 0 spiro atoms. The number of allylic oxidation sites excluding steroid dienone is 1. The van der Waals surface area contributed by atoms with Gasteiger partial charge in [0.25, 0.3) is 0 Å². The first kappa shape index (κ1) is 10.3. The predicted molar refractivity (Wildman–Crippen MR) is 66.4 cm³/mol. The molecule has 15 heavy (non-hydrogen) atoms. The Bertz CT molecular complexity index is 470. The monoisotopic (exact) mass is 219 g/mol. The number of fused-ring (bicyclic) bond motifs is 1. The van der Waals surface area contributed by atoms with Crippen LogP contribution in [-0.2, 0) is 6.54 Å². The Morgan fingerprint density at radius 3 is 3.00 bits per heavy atom. The Hall–Kier alpha value is -1.21. The quantitative estimate of drug-likeness (QED) is 0.535. The summed E-state index contributed by atoms with van der Waals surface area (Å²) >= 11 is 5.93. The second-order valence-corrected chi connectivity index (χ2v) is 4.08. The van der Waals surface area contributed by atoms with Crippen LogP contribution in [0, 0.1) is 0 Å². The maximum atomic E-state index is 5.93. The van der Waals surface area contributed by atoms with Gasteiger partial charge in [0, 0.05) is 28.7 Å². The van der Waals surface area contributed by atoms with Gasteiger partial charge in [-0.3, -0.25) is 0 Å². The maximum absolute atomic E-state index is 5.93. The van der Waals surface area contributed by atoms with E-state index in [1.54, 1.807) is 0 Å². The molecule has 1 aromatic heterocycles. The summed E-state index contributed by atoms with van der Waals surface area (Å²) in [7, 11) is 0. The van der Waals surface area contributed by atoms with Crippen LogP contribution in [0.25, 0.3) is 10.9 Å². The number of aryl methyl sites for hydroxylation is 1. The highest BCUT2D eigenvalue weighted by molar-refractivity contribution is 6.31. The molecule has 0 atom stereocenters. The van der Waals surface area contributed by atoms with Crippen molar-refractivity contribution in [3.63, 3.8) is 0 Å². The van der Waals surface area contributed by atoms with E-state index in [-0.39, 0.29) is 0 Å². The highest BCUT2D eigenvalue weighted by Crippen LogP contribution is 2.20. The van der Waals surface area contributed by atoms with Gasteiger partial charge in [-0.2, -0.15) is 0 Å². The van der Waals surface area contributed by atoms with Crippen molar-refractivity contribution in [2.75, 3.05) is 0 Å². The molecule has 0 aliphatic heterocycles. The SMILES string of the molecule is C=CCCCn1ccc2cc(Cl)ccc21. The lowest BCUT2D eigenvalue weighted by molar-refractivity contribution is 0.671. The third kappa shape index (κ3) is 2.24. The molecule has 0 bridgehead atoms. The number of aromatic nitrogens is 1. The molecule has 1 heterocycles. The predicted octanol–water partition coefficient (Wildman–Crippen LogP) is 4.26. The van der Waals surface area contributed by atoms with Gasteiger partial charge in [-0.1, -0.05) is 17.7 Å². The molecule has 78 valence electrons. The number of benzene rings is 1. The zero-order valence-corrected chi connectivity index (χ0v) is 9.37. The van der Waals surface area contributed by atoms with E-state index in [0.29, 0.717) is 0 Å². The Morgan fingerprint density at radius 2 is 2.20 bits per heavy atom. The molecule has 1 aromatic carbocycles. The number of unbranched alkanes of at least 4 members (excludes halogenated alkanes) is 1. The van der Waals surface area contributed by atoms with Gasteiger partial charge < -0.3 is 4.57 Å². The van der Waals surface area contributed by atoms with Gasteiger partial charge in [-0.15, -0.1) is 6.58 Å². The minimum atomic E-state index is 0.798. The molecule has 2 rings (SSSR count). The molecule has 0 fully saturated rings. The smallest absolute Gasteiger partial charge is 0.0481 e. The fraction of sp³-hybridized carbons (Fsp3) is 0.231. The normalized spacial score (nSPS) is 10.7. The van der Waals surface area contributed by atoms with Crippen LogP contribution in [0.1, 0.15) is 12.8 Å². The first-order chi connectivity index (χ1) is 7.31.